The van der Waals surface area contributed by atoms with Crippen LogP contribution in [0.5, 0.6) is 0 Å². The lowest BCUT2D eigenvalue weighted by molar-refractivity contribution is -0.168. The Hall–Kier alpha value is -0.160. The number of fused-ring (bicyclic) bond motifs is 5. The number of hydrogen-bond acceptors (Lipinski definition) is 4. The molecule has 0 amide bonds. The Morgan fingerprint density at radius 3 is 2.19 bits per heavy atom. The summed E-state index contributed by atoms with van der Waals surface area (Å²) in [6.07, 6.45) is 10.2. The maximum absolute atomic E-state index is 11.6. The summed E-state index contributed by atoms with van der Waals surface area (Å²) >= 11 is 0. The molecule has 4 heteroatoms. The quantitative estimate of drug-likeness (QED) is 0.505. The molecule has 4 nitrogen and oxygen atoms in total. The van der Waals surface area contributed by atoms with Gasteiger partial charge < -0.3 is 20.4 Å². The second-order valence-corrected chi connectivity index (χ2v) is 13.4. The maximum atomic E-state index is 11.6. The average Bonchev–Trinajstić information content (AvgIpc) is 3.04. The van der Waals surface area contributed by atoms with Gasteiger partial charge in [0.1, 0.15) is 0 Å². The first kappa shape index (κ1) is 24.0. The van der Waals surface area contributed by atoms with E-state index in [0.717, 1.165) is 37.5 Å². The monoisotopic (exact) mass is 436 g/mol. The molecule has 0 aliphatic heterocycles. The third kappa shape index (κ3) is 4.02. The summed E-state index contributed by atoms with van der Waals surface area (Å²) in [6, 6.07) is 0. The molecule has 4 aliphatic carbocycles. The molecule has 0 aromatic carbocycles. The SMILES string of the molecule is CC(C)(O)CC[C@H](O)[C@](C)(O)[C@H]1CC[C@H]2[C@@H]3CC[C@H]4C[C@@H](O)CC[C@]4(C)[C@H]3CC[C@]12C. The van der Waals surface area contributed by atoms with Gasteiger partial charge in [-0.25, -0.2) is 0 Å². The minimum Gasteiger partial charge on any atom is -0.393 e. The van der Waals surface area contributed by atoms with Gasteiger partial charge in [0, 0.05) is 0 Å². The number of hydrogen-bond donors (Lipinski definition) is 4. The Bertz CT molecular complexity index is 654. The molecule has 0 aromatic rings. The van der Waals surface area contributed by atoms with Crippen molar-refractivity contribution in [2.45, 2.75) is 129 Å². The van der Waals surface area contributed by atoms with Crippen molar-refractivity contribution in [3.8, 4) is 0 Å². The van der Waals surface area contributed by atoms with Crippen molar-refractivity contribution < 1.29 is 20.4 Å². The molecule has 10 atom stereocenters. The zero-order chi connectivity index (χ0) is 22.8. The zero-order valence-corrected chi connectivity index (χ0v) is 20.6. The predicted octanol–water partition coefficient (Wildman–Crippen LogP) is 4.67. The van der Waals surface area contributed by atoms with Crippen molar-refractivity contribution in [3.63, 3.8) is 0 Å². The predicted molar refractivity (Wildman–Crippen MR) is 123 cm³/mol. The topological polar surface area (TPSA) is 80.9 Å². The molecule has 4 saturated carbocycles. The molecule has 0 bridgehead atoms. The number of aliphatic hydroxyl groups excluding tert-OH is 2. The average molecular weight is 437 g/mol. The standard InChI is InChI=1S/C27H48O4/c1-24(2,30)13-12-23(29)27(5,31)22-9-8-20-19-7-6-17-16-18(28)10-14-25(17,3)21(19)11-15-26(20,22)4/h17-23,28-31H,6-16H2,1-5H3/t17-,18-,19-,20-,21-,22-,23-,25-,26-,27+/m0/s1. The number of aliphatic hydroxyl groups is 4. The van der Waals surface area contributed by atoms with Crippen LogP contribution >= 0.6 is 0 Å². The van der Waals surface area contributed by atoms with Crippen molar-refractivity contribution in [2.24, 2.45) is 40.4 Å². The van der Waals surface area contributed by atoms with Crippen LogP contribution in [0.4, 0.5) is 0 Å². The van der Waals surface area contributed by atoms with Crippen molar-refractivity contribution >= 4 is 0 Å². The molecule has 0 radical (unpaired) electrons. The fraction of sp³-hybridized carbons (Fsp3) is 1.00. The Kier molecular flexibility index (Phi) is 6.16. The van der Waals surface area contributed by atoms with Gasteiger partial charge in [0.15, 0.2) is 0 Å². The lowest BCUT2D eigenvalue weighted by Gasteiger charge is -2.61. The van der Waals surface area contributed by atoms with E-state index in [1.807, 2.05) is 6.92 Å². The highest BCUT2D eigenvalue weighted by atomic mass is 16.3. The second kappa shape index (κ2) is 7.96. The van der Waals surface area contributed by atoms with Gasteiger partial charge in [-0.1, -0.05) is 13.8 Å². The largest absolute Gasteiger partial charge is 0.393 e. The van der Waals surface area contributed by atoms with Crippen LogP contribution < -0.4 is 0 Å². The van der Waals surface area contributed by atoms with Crippen molar-refractivity contribution in [2.75, 3.05) is 0 Å². The van der Waals surface area contributed by atoms with Crippen LogP contribution in [0.1, 0.15) is 105 Å². The van der Waals surface area contributed by atoms with Crippen molar-refractivity contribution in [1.82, 2.24) is 0 Å². The van der Waals surface area contributed by atoms with E-state index in [1.54, 1.807) is 13.8 Å². The molecule has 4 N–H and O–H groups in total. The molecule has 0 aromatic heterocycles. The van der Waals surface area contributed by atoms with Crippen LogP contribution in [0.3, 0.4) is 0 Å². The van der Waals surface area contributed by atoms with E-state index in [9.17, 15) is 20.4 Å². The molecular formula is C27H48O4. The molecule has 4 fully saturated rings. The van der Waals surface area contributed by atoms with Crippen LogP contribution in [0, 0.1) is 40.4 Å². The smallest absolute Gasteiger partial charge is 0.0910 e. The summed E-state index contributed by atoms with van der Waals surface area (Å²) in [6.45, 7) is 10.3. The van der Waals surface area contributed by atoms with Crippen LogP contribution in [0.15, 0.2) is 0 Å². The molecule has 4 rings (SSSR count). The van der Waals surface area contributed by atoms with E-state index in [0.29, 0.717) is 30.1 Å². The van der Waals surface area contributed by atoms with Crippen LogP contribution in [-0.4, -0.2) is 43.8 Å². The highest BCUT2D eigenvalue weighted by molar-refractivity contribution is 5.12. The first-order chi connectivity index (χ1) is 14.3. The summed E-state index contributed by atoms with van der Waals surface area (Å²) in [7, 11) is 0. The van der Waals surface area contributed by atoms with Crippen molar-refractivity contribution in [3.05, 3.63) is 0 Å². The van der Waals surface area contributed by atoms with E-state index in [4.69, 9.17) is 0 Å². The summed E-state index contributed by atoms with van der Waals surface area (Å²) in [4.78, 5) is 0. The van der Waals surface area contributed by atoms with Crippen LogP contribution in [0.2, 0.25) is 0 Å². The lowest BCUT2D eigenvalue weighted by atomic mass is 9.44. The summed E-state index contributed by atoms with van der Waals surface area (Å²) in [5, 5.41) is 42.9. The first-order valence-electron chi connectivity index (χ1n) is 13.1. The summed E-state index contributed by atoms with van der Waals surface area (Å²) in [5.74, 6) is 2.89. The molecular weight excluding hydrogens is 388 g/mol. The third-order valence-corrected chi connectivity index (χ3v) is 11.0. The second-order valence-electron chi connectivity index (χ2n) is 13.4. The molecule has 31 heavy (non-hydrogen) atoms. The van der Waals surface area contributed by atoms with Gasteiger partial charge in [-0.15, -0.1) is 0 Å². The fourth-order valence-electron chi connectivity index (χ4n) is 9.21. The summed E-state index contributed by atoms with van der Waals surface area (Å²) < 4.78 is 0. The lowest BCUT2D eigenvalue weighted by Crippen LogP contribution is -2.57. The molecule has 0 spiro atoms. The van der Waals surface area contributed by atoms with Gasteiger partial charge in [0.05, 0.1) is 23.4 Å². The maximum Gasteiger partial charge on any atom is 0.0910 e. The van der Waals surface area contributed by atoms with Crippen LogP contribution in [0.25, 0.3) is 0 Å². The molecule has 180 valence electrons. The minimum absolute atomic E-state index is 0.0811. The highest BCUT2D eigenvalue weighted by Gasteiger charge is 2.63. The van der Waals surface area contributed by atoms with E-state index in [-0.39, 0.29) is 17.4 Å². The minimum atomic E-state index is -1.11. The molecule has 0 unspecified atom stereocenters. The van der Waals surface area contributed by atoms with Gasteiger partial charge in [-0.3, -0.25) is 0 Å². The van der Waals surface area contributed by atoms with E-state index in [1.165, 1.54) is 32.1 Å². The van der Waals surface area contributed by atoms with Crippen molar-refractivity contribution in [1.29, 1.82) is 0 Å². The fourth-order valence-corrected chi connectivity index (χ4v) is 9.21. The summed E-state index contributed by atoms with van der Waals surface area (Å²) in [5.41, 5.74) is -1.48. The van der Waals surface area contributed by atoms with E-state index in [2.05, 4.69) is 13.8 Å². The van der Waals surface area contributed by atoms with Crippen LogP contribution in [-0.2, 0) is 0 Å². The Morgan fingerprint density at radius 2 is 1.52 bits per heavy atom. The molecule has 0 heterocycles. The molecule has 0 saturated heterocycles. The first-order valence-corrected chi connectivity index (χ1v) is 13.1. The highest BCUT2D eigenvalue weighted by Crippen LogP contribution is 2.68. The zero-order valence-electron chi connectivity index (χ0n) is 20.6. The normalized spacial score (nSPS) is 48.3. The Balaban J connectivity index is 1.52. The van der Waals surface area contributed by atoms with E-state index >= 15 is 0 Å². The number of rotatable bonds is 5. The Labute approximate surface area is 189 Å². The van der Waals surface area contributed by atoms with Gasteiger partial charge in [0.2, 0.25) is 0 Å². The van der Waals surface area contributed by atoms with Gasteiger partial charge in [0.25, 0.3) is 0 Å². The molecule has 4 aliphatic rings. The third-order valence-electron chi connectivity index (χ3n) is 11.0. The van der Waals surface area contributed by atoms with Gasteiger partial charge in [-0.2, -0.15) is 0 Å². The Morgan fingerprint density at radius 1 is 0.871 bits per heavy atom. The van der Waals surface area contributed by atoms with E-state index < -0.39 is 17.3 Å². The van der Waals surface area contributed by atoms with Gasteiger partial charge >= 0.3 is 0 Å². The van der Waals surface area contributed by atoms with Gasteiger partial charge in [-0.05, 0) is 132 Å².